The Hall–Kier alpha value is -1.10. The number of rotatable bonds is 3. The average Bonchev–Trinajstić information content (AvgIpc) is 2.75. The number of hydrogen-bond donors (Lipinski definition) is 0. The van der Waals surface area contributed by atoms with Crippen LogP contribution in [0, 0.1) is 11.3 Å². The molecule has 0 saturated carbocycles. The van der Waals surface area contributed by atoms with E-state index in [2.05, 4.69) is 41.8 Å². The summed E-state index contributed by atoms with van der Waals surface area (Å²) < 4.78 is 3.38. The van der Waals surface area contributed by atoms with Crippen molar-refractivity contribution in [2.24, 2.45) is 11.3 Å². The summed E-state index contributed by atoms with van der Waals surface area (Å²) in [6, 6.07) is 1.75. The lowest BCUT2D eigenvalue weighted by Crippen LogP contribution is -2.31. The van der Waals surface area contributed by atoms with Crippen molar-refractivity contribution >= 4 is 21.4 Å². The van der Waals surface area contributed by atoms with Crippen LogP contribution in [0.1, 0.15) is 20.8 Å². The van der Waals surface area contributed by atoms with E-state index in [1.54, 1.807) is 21.3 Å². The lowest BCUT2D eigenvalue weighted by molar-refractivity contribution is 0.237. The fraction of sp³-hybridized carbons (Fsp3) is 0.538. The van der Waals surface area contributed by atoms with Crippen LogP contribution in [0.25, 0.3) is 5.52 Å². The van der Waals surface area contributed by atoms with E-state index in [-0.39, 0.29) is 11.0 Å². The minimum atomic E-state index is 0.0187. The Bertz CT molecular complexity index is 594. The summed E-state index contributed by atoms with van der Waals surface area (Å²) in [6.45, 7) is 7.30. The van der Waals surface area contributed by atoms with E-state index in [1.807, 2.05) is 12.4 Å². The van der Waals surface area contributed by atoms with Crippen molar-refractivity contribution in [3.8, 4) is 0 Å². The number of nitrogens with zero attached hydrogens (tertiary/aromatic N) is 3. The molecular formula is C13H18BrN3O. The van der Waals surface area contributed by atoms with Gasteiger partial charge in [0.1, 0.15) is 5.52 Å². The largest absolute Gasteiger partial charge is 0.312 e. The molecule has 1 atom stereocenters. The summed E-state index contributed by atoms with van der Waals surface area (Å²) in [4.78, 5) is 12.3. The first-order chi connectivity index (χ1) is 8.43. The Morgan fingerprint density at radius 1 is 1.39 bits per heavy atom. The van der Waals surface area contributed by atoms with Gasteiger partial charge < -0.3 is 4.57 Å². The van der Waals surface area contributed by atoms with Gasteiger partial charge in [0.05, 0.1) is 6.20 Å². The van der Waals surface area contributed by atoms with Crippen molar-refractivity contribution in [2.45, 2.75) is 27.3 Å². The summed E-state index contributed by atoms with van der Waals surface area (Å²) >= 11 is 3.54. The molecule has 2 rings (SSSR count). The monoisotopic (exact) mass is 311 g/mol. The molecule has 0 aliphatic heterocycles. The topological polar surface area (TPSA) is 39.3 Å². The van der Waals surface area contributed by atoms with Crippen LogP contribution in [0.3, 0.4) is 0 Å². The SMILES string of the molecule is CC(C)(C)C(CBr)Cn1ccn2nccc2c1=O. The first-order valence-corrected chi connectivity index (χ1v) is 7.14. The van der Waals surface area contributed by atoms with E-state index < -0.39 is 0 Å². The highest BCUT2D eigenvalue weighted by Gasteiger charge is 2.24. The number of hydrogen-bond acceptors (Lipinski definition) is 2. The number of fused-ring (bicyclic) bond motifs is 1. The third-order valence-electron chi connectivity index (χ3n) is 3.37. The maximum absolute atomic E-state index is 12.3. The molecule has 0 amide bonds. The smallest absolute Gasteiger partial charge is 0.276 e. The third kappa shape index (κ3) is 2.51. The first-order valence-electron chi connectivity index (χ1n) is 6.02. The fourth-order valence-corrected chi connectivity index (χ4v) is 3.07. The van der Waals surface area contributed by atoms with Crippen molar-refractivity contribution in [2.75, 3.05) is 5.33 Å². The molecule has 0 radical (unpaired) electrons. The summed E-state index contributed by atoms with van der Waals surface area (Å²) in [7, 11) is 0. The summed E-state index contributed by atoms with van der Waals surface area (Å²) in [6.07, 6.45) is 5.28. The molecule has 1 unspecified atom stereocenters. The molecule has 18 heavy (non-hydrogen) atoms. The Kier molecular flexibility index (Phi) is 3.61. The zero-order valence-electron chi connectivity index (χ0n) is 10.9. The highest BCUT2D eigenvalue weighted by molar-refractivity contribution is 9.09. The van der Waals surface area contributed by atoms with Gasteiger partial charge in [-0.2, -0.15) is 5.10 Å². The molecule has 0 saturated heterocycles. The van der Waals surface area contributed by atoms with Gasteiger partial charge in [-0.15, -0.1) is 0 Å². The summed E-state index contributed by atoms with van der Waals surface area (Å²) in [5.41, 5.74) is 0.805. The van der Waals surface area contributed by atoms with Crippen molar-refractivity contribution in [1.29, 1.82) is 0 Å². The Labute approximate surface area is 115 Å². The maximum Gasteiger partial charge on any atom is 0.276 e. The molecule has 2 heterocycles. The minimum Gasteiger partial charge on any atom is -0.312 e. The molecule has 0 N–H and O–H groups in total. The van der Waals surface area contributed by atoms with Gasteiger partial charge in [-0.05, 0) is 17.4 Å². The van der Waals surface area contributed by atoms with Crippen LogP contribution in [0.15, 0.2) is 29.5 Å². The summed E-state index contributed by atoms with van der Waals surface area (Å²) in [5, 5.41) is 4.95. The third-order valence-corrected chi connectivity index (χ3v) is 4.15. The molecule has 0 fully saturated rings. The van der Waals surface area contributed by atoms with Gasteiger partial charge in [-0.3, -0.25) is 4.79 Å². The maximum atomic E-state index is 12.3. The minimum absolute atomic E-state index is 0.0187. The number of alkyl halides is 1. The second-order valence-corrected chi connectivity index (χ2v) is 6.28. The first kappa shape index (κ1) is 13.3. The van der Waals surface area contributed by atoms with Crippen molar-refractivity contribution < 1.29 is 0 Å². The normalized spacial score (nSPS) is 14.0. The van der Waals surface area contributed by atoms with Gasteiger partial charge >= 0.3 is 0 Å². The molecule has 0 aromatic carbocycles. The van der Waals surface area contributed by atoms with Crippen LogP contribution in [-0.4, -0.2) is 19.5 Å². The van der Waals surface area contributed by atoms with Crippen molar-refractivity contribution in [3.05, 3.63) is 35.0 Å². The zero-order chi connectivity index (χ0) is 13.3. The molecule has 2 aromatic rings. The van der Waals surface area contributed by atoms with Crippen molar-refractivity contribution in [3.63, 3.8) is 0 Å². The van der Waals surface area contributed by atoms with E-state index in [0.717, 1.165) is 11.9 Å². The van der Waals surface area contributed by atoms with Crippen LogP contribution in [0.4, 0.5) is 0 Å². The van der Waals surface area contributed by atoms with Gasteiger partial charge in [0, 0.05) is 24.3 Å². The van der Waals surface area contributed by atoms with Crippen LogP contribution in [0.5, 0.6) is 0 Å². The molecule has 4 nitrogen and oxygen atoms in total. The Morgan fingerprint density at radius 3 is 2.72 bits per heavy atom. The quantitative estimate of drug-likeness (QED) is 0.817. The van der Waals surface area contributed by atoms with Gasteiger partial charge in [0.25, 0.3) is 5.56 Å². The van der Waals surface area contributed by atoms with E-state index >= 15 is 0 Å². The Morgan fingerprint density at radius 2 is 2.11 bits per heavy atom. The lowest BCUT2D eigenvalue weighted by atomic mass is 9.82. The molecule has 0 bridgehead atoms. The fourth-order valence-electron chi connectivity index (χ4n) is 1.90. The lowest BCUT2D eigenvalue weighted by Gasteiger charge is -2.29. The predicted octanol–water partition coefficient (Wildman–Crippen LogP) is 2.55. The van der Waals surface area contributed by atoms with Crippen molar-refractivity contribution in [1.82, 2.24) is 14.2 Å². The second kappa shape index (κ2) is 4.88. The van der Waals surface area contributed by atoms with E-state index in [1.165, 1.54) is 0 Å². The molecule has 0 aliphatic carbocycles. The zero-order valence-corrected chi connectivity index (χ0v) is 12.5. The van der Waals surface area contributed by atoms with Crippen LogP contribution >= 0.6 is 15.9 Å². The van der Waals surface area contributed by atoms with E-state index in [9.17, 15) is 4.79 Å². The van der Waals surface area contributed by atoms with Gasteiger partial charge in [0.2, 0.25) is 0 Å². The van der Waals surface area contributed by atoms with Crippen LogP contribution < -0.4 is 5.56 Å². The Balaban J connectivity index is 2.37. The van der Waals surface area contributed by atoms with Crippen LogP contribution in [-0.2, 0) is 6.54 Å². The molecular weight excluding hydrogens is 294 g/mol. The second-order valence-electron chi connectivity index (χ2n) is 5.63. The molecule has 98 valence electrons. The number of halogens is 1. The standard InChI is InChI=1S/C13H18BrN3O/c1-13(2,3)10(8-14)9-16-6-7-17-11(12(16)18)4-5-15-17/h4-7,10H,8-9H2,1-3H3. The molecule has 5 heteroatoms. The summed E-state index contributed by atoms with van der Waals surface area (Å²) in [5.74, 6) is 0.403. The highest BCUT2D eigenvalue weighted by Crippen LogP contribution is 2.28. The van der Waals surface area contributed by atoms with Crippen LogP contribution in [0.2, 0.25) is 0 Å². The molecule has 2 aromatic heterocycles. The van der Waals surface area contributed by atoms with E-state index in [0.29, 0.717) is 11.4 Å². The van der Waals surface area contributed by atoms with Gasteiger partial charge in [0.15, 0.2) is 0 Å². The molecule has 0 spiro atoms. The van der Waals surface area contributed by atoms with Gasteiger partial charge in [-0.1, -0.05) is 36.7 Å². The predicted molar refractivity (Wildman–Crippen MR) is 76.2 cm³/mol. The number of aromatic nitrogens is 3. The highest BCUT2D eigenvalue weighted by atomic mass is 79.9. The average molecular weight is 312 g/mol. The molecule has 0 aliphatic rings. The van der Waals surface area contributed by atoms with E-state index in [4.69, 9.17) is 0 Å². The van der Waals surface area contributed by atoms with Gasteiger partial charge in [-0.25, -0.2) is 4.52 Å².